The first-order valence-corrected chi connectivity index (χ1v) is 12.6. The molecule has 2 aromatic rings. The summed E-state index contributed by atoms with van der Waals surface area (Å²) in [6.07, 6.45) is 4.70. The molecule has 1 aliphatic heterocycles. The van der Waals surface area contributed by atoms with Crippen molar-refractivity contribution in [2.24, 2.45) is 0 Å². The number of imidazole rings is 1. The van der Waals surface area contributed by atoms with Crippen molar-refractivity contribution in [2.75, 3.05) is 44.8 Å². The van der Waals surface area contributed by atoms with Gasteiger partial charge in [0.15, 0.2) is 5.82 Å². The predicted octanol–water partition coefficient (Wildman–Crippen LogP) is 2.53. The predicted molar refractivity (Wildman–Crippen MR) is 124 cm³/mol. The molecule has 2 aromatic heterocycles. The standard InChI is InChI=1S/C21H34FN7O2S/c1-15(2)29-16(3)23-14-19(29)20-18(22)13-24-21(26-20)25-17-7-10-28(11-8-17)32(30,31)12-6-9-27(4)5/h13-15,17H,6-12H2,1-5H3,(H,24,25,26). The number of rotatable bonds is 9. The Morgan fingerprint density at radius 2 is 1.91 bits per heavy atom. The third kappa shape index (κ3) is 5.81. The van der Waals surface area contributed by atoms with Crippen LogP contribution in [-0.2, 0) is 10.0 Å². The fourth-order valence-corrected chi connectivity index (χ4v) is 5.57. The van der Waals surface area contributed by atoms with Crippen molar-refractivity contribution in [2.45, 2.75) is 52.1 Å². The molecule has 0 aromatic carbocycles. The molecule has 0 atom stereocenters. The van der Waals surface area contributed by atoms with Gasteiger partial charge in [0, 0.05) is 25.2 Å². The molecule has 1 fully saturated rings. The first-order valence-electron chi connectivity index (χ1n) is 11.0. The summed E-state index contributed by atoms with van der Waals surface area (Å²) in [5.41, 5.74) is 0.816. The number of aromatic nitrogens is 4. The van der Waals surface area contributed by atoms with Gasteiger partial charge in [0.1, 0.15) is 11.5 Å². The highest BCUT2D eigenvalue weighted by Crippen LogP contribution is 2.26. The largest absolute Gasteiger partial charge is 0.351 e. The van der Waals surface area contributed by atoms with Gasteiger partial charge in [0.05, 0.1) is 23.8 Å². The molecule has 32 heavy (non-hydrogen) atoms. The Hall–Kier alpha value is -2.11. The molecule has 1 aliphatic rings. The van der Waals surface area contributed by atoms with E-state index in [4.69, 9.17) is 0 Å². The van der Waals surface area contributed by atoms with Gasteiger partial charge in [0.2, 0.25) is 16.0 Å². The molecular formula is C21H34FN7O2S. The van der Waals surface area contributed by atoms with E-state index in [1.54, 1.807) is 10.5 Å². The molecule has 3 heterocycles. The molecule has 1 N–H and O–H groups in total. The summed E-state index contributed by atoms with van der Waals surface area (Å²) in [4.78, 5) is 14.8. The quantitative estimate of drug-likeness (QED) is 0.605. The van der Waals surface area contributed by atoms with Crippen molar-refractivity contribution in [1.29, 1.82) is 0 Å². The summed E-state index contributed by atoms with van der Waals surface area (Å²) >= 11 is 0. The van der Waals surface area contributed by atoms with Crippen molar-refractivity contribution in [1.82, 2.24) is 28.7 Å². The van der Waals surface area contributed by atoms with Crippen LogP contribution in [0.4, 0.5) is 10.3 Å². The van der Waals surface area contributed by atoms with Crippen molar-refractivity contribution >= 4 is 16.0 Å². The second-order valence-corrected chi connectivity index (χ2v) is 10.9. The first-order chi connectivity index (χ1) is 15.1. The van der Waals surface area contributed by atoms with E-state index < -0.39 is 15.8 Å². The van der Waals surface area contributed by atoms with Crippen LogP contribution in [0.25, 0.3) is 11.4 Å². The van der Waals surface area contributed by atoms with E-state index in [1.807, 2.05) is 44.3 Å². The molecule has 0 radical (unpaired) electrons. The minimum absolute atomic E-state index is 0.0262. The summed E-state index contributed by atoms with van der Waals surface area (Å²) in [6, 6.07) is 0.139. The number of hydrogen-bond acceptors (Lipinski definition) is 7. The lowest BCUT2D eigenvalue weighted by molar-refractivity contribution is 0.327. The molecule has 0 aliphatic carbocycles. The summed E-state index contributed by atoms with van der Waals surface area (Å²) < 4.78 is 43.2. The first kappa shape index (κ1) is 24.5. The number of nitrogens with one attached hydrogen (secondary N) is 1. The zero-order chi connectivity index (χ0) is 23.5. The molecule has 0 spiro atoms. The van der Waals surface area contributed by atoms with Crippen LogP contribution in [0.15, 0.2) is 12.4 Å². The highest BCUT2D eigenvalue weighted by atomic mass is 32.2. The molecule has 1 saturated heterocycles. The molecule has 178 valence electrons. The van der Waals surface area contributed by atoms with Crippen LogP contribution in [0.2, 0.25) is 0 Å². The Balaban J connectivity index is 1.64. The minimum atomic E-state index is -3.25. The smallest absolute Gasteiger partial charge is 0.223 e. The minimum Gasteiger partial charge on any atom is -0.351 e. The Morgan fingerprint density at radius 3 is 2.53 bits per heavy atom. The summed E-state index contributed by atoms with van der Waals surface area (Å²) in [5, 5.41) is 3.26. The van der Waals surface area contributed by atoms with Gasteiger partial charge in [-0.05, 0) is 60.7 Å². The van der Waals surface area contributed by atoms with Crippen LogP contribution in [0.5, 0.6) is 0 Å². The van der Waals surface area contributed by atoms with Gasteiger partial charge in [-0.15, -0.1) is 0 Å². The number of aryl methyl sites for hydroxylation is 1. The van der Waals surface area contributed by atoms with Crippen LogP contribution in [0.1, 0.15) is 45.0 Å². The van der Waals surface area contributed by atoms with Crippen LogP contribution >= 0.6 is 0 Å². The maximum atomic E-state index is 14.6. The number of piperidine rings is 1. The van der Waals surface area contributed by atoms with E-state index >= 15 is 0 Å². The number of halogens is 1. The number of sulfonamides is 1. The van der Waals surface area contributed by atoms with Gasteiger partial charge in [0.25, 0.3) is 0 Å². The van der Waals surface area contributed by atoms with Crippen LogP contribution in [0, 0.1) is 12.7 Å². The molecule has 0 unspecified atom stereocenters. The number of nitrogens with zero attached hydrogens (tertiary/aromatic N) is 6. The Morgan fingerprint density at radius 1 is 1.22 bits per heavy atom. The van der Waals surface area contributed by atoms with Crippen molar-refractivity contribution in [3.63, 3.8) is 0 Å². The normalized spacial score (nSPS) is 16.2. The molecule has 9 nitrogen and oxygen atoms in total. The highest BCUT2D eigenvalue weighted by molar-refractivity contribution is 7.89. The van der Waals surface area contributed by atoms with Gasteiger partial charge in [-0.3, -0.25) is 0 Å². The topological polar surface area (TPSA) is 96.2 Å². The number of hydrogen-bond donors (Lipinski definition) is 1. The van der Waals surface area contributed by atoms with Gasteiger partial charge >= 0.3 is 0 Å². The average molecular weight is 468 g/mol. The van der Waals surface area contributed by atoms with E-state index in [2.05, 4.69) is 20.3 Å². The second kappa shape index (κ2) is 10.2. The Kier molecular flexibility index (Phi) is 7.84. The second-order valence-electron chi connectivity index (χ2n) is 8.84. The molecular weight excluding hydrogens is 433 g/mol. The molecule has 0 amide bonds. The molecule has 0 bridgehead atoms. The molecule has 3 rings (SSSR count). The van der Waals surface area contributed by atoms with Crippen LogP contribution < -0.4 is 5.32 Å². The van der Waals surface area contributed by atoms with Crippen molar-refractivity contribution < 1.29 is 12.8 Å². The summed E-state index contributed by atoms with van der Waals surface area (Å²) in [5.74, 6) is 0.789. The van der Waals surface area contributed by atoms with Gasteiger partial charge in [-0.2, -0.15) is 0 Å². The van der Waals surface area contributed by atoms with Crippen LogP contribution in [-0.4, -0.2) is 82.7 Å². The van der Waals surface area contributed by atoms with Gasteiger partial charge < -0.3 is 14.8 Å². The Bertz CT molecular complexity index is 1020. The van der Waals surface area contributed by atoms with Gasteiger partial charge in [-0.25, -0.2) is 32.1 Å². The maximum absolute atomic E-state index is 14.6. The highest BCUT2D eigenvalue weighted by Gasteiger charge is 2.28. The SMILES string of the molecule is Cc1ncc(-c2nc(NC3CCN(S(=O)(=O)CCCN(C)C)CC3)ncc2F)n1C(C)C. The zero-order valence-corrected chi connectivity index (χ0v) is 20.4. The fraction of sp³-hybridized carbons (Fsp3) is 0.667. The van der Waals surface area contributed by atoms with E-state index in [0.29, 0.717) is 44.0 Å². The third-order valence-electron chi connectivity index (χ3n) is 5.67. The summed E-state index contributed by atoms with van der Waals surface area (Å²) in [7, 11) is 0.624. The van der Waals surface area contributed by atoms with E-state index in [9.17, 15) is 12.8 Å². The monoisotopic (exact) mass is 467 g/mol. The summed E-state index contributed by atoms with van der Waals surface area (Å²) in [6.45, 7) is 7.56. The van der Waals surface area contributed by atoms with E-state index in [-0.39, 0.29) is 23.5 Å². The lowest BCUT2D eigenvalue weighted by Gasteiger charge is -2.31. The molecule has 0 saturated carbocycles. The van der Waals surface area contributed by atoms with Crippen molar-refractivity contribution in [3.05, 3.63) is 24.0 Å². The fourth-order valence-electron chi connectivity index (χ4n) is 4.05. The third-order valence-corrected chi connectivity index (χ3v) is 7.63. The average Bonchev–Trinajstić information content (AvgIpc) is 3.11. The lowest BCUT2D eigenvalue weighted by Crippen LogP contribution is -2.43. The molecule has 11 heteroatoms. The maximum Gasteiger partial charge on any atom is 0.223 e. The zero-order valence-electron chi connectivity index (χ0n) is 19.5. The van der Waals surface area contributed by atoms with E-state index in [1.165, 1.54) is 6.20 Å². The lowest BCUT2D eigenvalue weighted by atomic mass is 10.1. The van der Waals surface area contributed by atoms with Crippen LogP contribution in [0.3, 0.4) is 0 Å². The van der Waals surface area contributed by atoms with Crippen molar-refractivity contribution in [3.8, 4) is 11.4 Å². The van der Waals surface area contributed by atoms with Gasteiger partial charge in [-0.1, -0.05) is 0 Å². The Labute approximate surface area is 190 Å². The van der Waals surface area contributed by atoms with E-state index in [0.717, 1.165) is 12.4 Å². The number of anilines is 1.